The number of halogens is 1. The van der Waals surface area contributed by atoms with Crippen LogP contribution in [0.15, 0.2) is 58.3 Å². The van der Waals surface area contributed by atoms with Crippen LogP contribution in [0.4, 0.5) is 4.39 Å². The summed E-state index contributed by atoms with van der Waals surface area (Å²) in [6, 6.07) is 10.9. The van der Waals surface area contributed by atoms with Crippen LogP contribution in [0.2, 0.25) is 0 Å². The van der Waals surface area contributed by atoms with Crippen LogP contribution in [0.3, 0.4) is 0 Å². The van der Waals surface area contributed by atoms with E-state index in [2.05, 4.69) is 24.1 Å². The van der Waals surface area contributed by atoms with Gasteiger partial charge in [0.1, 0.15) is 23.4 Å². The molecule has 1 atom stereocenters. The Morgan fingerprint density at radius 2 is 1.76 bits per heavy atom. The Balaban J connectivity index is 0.000000331. The second-order valence-electron chi connectivity index (χ2n) is 7.79. The van der Waals surface area contributed by atoms with Crippen LogP contribution in [0.1, 0.15) is 24.5 Å². The summed E-state index contributed by atoms with van der Waals surface area (Å²) in [5.41, 5.74) is 1.15. The van der Waals surface area contributed by atoms with Crippen molar-refractivity contribution in [1.82, 2.24) is 4.90 Å². The minimum absolute atomic E-state index is 0.0296. The smallest absolute Gasteiger partial charge is 0.328 e. The molecule has 33 heavy (non-hydrogen) atoms. The zero-order chi connectivity index (χ0) is 24.0. The highest BCUT2D eigenvalue weighted by atomic mass is 32.2. The molecule has 4 rings (SSSR count). The van der Waals surface area contributed by atoms with Gasteiger partial charge in [0.25, 0.3) is 0 Å². The maximum absolute atomic E-state index is 13.7. The van der Waals surface area contributed by atoms with Gasteiger partial charge in [-0.25, -0.2) is 14.0 Å². The van der Waals surface area contributed by atoms with Gasteiger partial charge in [0, 0.05) is 28.5 Å². The summed E-state index contributed by atoms with van der Waals surface area (Å²) in [5.74, 6) is -0.704. The summed E-state index contributed by atoms with van der Waals surface area (Å²) in [5, 5.41) is 15.6. The second-order valence-corrected chi connectivity index (χ2v) is 8.87. The number of ether oxygens (including phenoxy) is 2. The number of likely N-dealkylation sites (tertiary alicyclic amines) is 1. The van der Waals surface area contributed by atoms with Crippen LogP contribution in [0, 0.1) is 11.7 Å². The summed E-state index contributed by atoms with van der Waals surface area (Å²) in [7, 11) is 3.84. The summed E-state index contributed by atoms with van der Waals surface area (Å²) < 4.78 is 25.6. The van der Waals surface area contributed by atoms with Crippen LogP contribution in [0.5, 0.6) is 11.5 Å². The molecule has 2 N–H and O–H groups in total. The van der Waals surface area contributed by atoms with Crippen molar-refractivity contribution < 1.29 is 33.7 Å². The van der Waals surface area contributed by atoms with E-state index in [-0.39, 0.29) is 11.9 Å². The molecule has 9 heteroatoms. The lowest BCUT2D eigenvalue weighted by Crippen LogP contribution is -2.34. The SMILES string of the molecule is COc1ccc2c(c1)C(C1CCN(C)CC1)Oc1ccc(F)cc1S2.O=C(O)/C=C/C(=O)O. The Hall–Kier alpha value is -3.04. The van der Waals surface area contributed by atoms with Crippen LogP contribution >= 0.6 is 11.8 Å². The van der Waals surface area contributed by atoms with E-state index in [9.17, 15) is 14.0 Å². The predicted molar refractivity (Wildman–Crippen MR) is 122 cm³/mol. The first-order valence-corrected chi connectivity index (χ1v) is 11.2. The molecule has 0 bridgehead atoms. The number of carboxylic acids is 2. The molecule has 2 aromatic rings. The third-order valence-electron chi connectivity index (χ3n) is 5.46. The fourth-order valence-corrected chi connectivity index (χ4v) is 4.82. The summed E-state index contributed by atoms with van der Waals surface area (Å²) in [4.78, 5) is 23.4. The van der Waals surface area contributed by atoms with Crippen molar-refractivity contribution in [2.24, 2.45) is 5.92 Å². The molecular weight excluding hydrogens is 449 g/mol. The monoisotopic (exact) mass is 475 g/mol. The molecule has 0 amide bonds. The third-order valence-corrected chi connectivity index (χ3v) is 6.59. The number of carbonyl (C=O) groups is 2. The average Bonchev–Trinajstić information content (AvgIpc) is 2.94. The van der Waals surface area contributed by atoms with E-state index in [0.29, 0.717) is 18.1 Å². The zero-order valence-electron chi connectivity index (χ0n) is 18.4. The molecule has 2 aromatic carbocycles. The first kappa shape index (κ1) is 24.6. The van der Waals surface area contributed by atoms with Crippen molar-refractivity contribution in [2.75, 3.05) is 27.2 Å². The number of fused-ring (bicyclic) bond motifs is 2. The molecule has 176 valence electrons. The number of hydrogen-bond acceptors (Lipinski definition) is 6. The van der Waals surface area contributed by atoms with E-state index < -0.39 is 11.9 Å². The Morgan fingerprint density at radius 1 is 1.09 bits per heavy atom. The minimum Gasteiger partial charge on any atom is -0.497 e. The molecule has 7 nitrogen and oxygen atoms in total. The molecule has 2 aliphatic rings. The quantitative estimate of drug-likeness (QED) is 0.626. The van der Waals surface area contributed by atoms with Gasteiger partial charge in [0.15, 0.2) is 0 Å². The van der Waals surface area contributed by atoms with Gasteiger partial charge < -0.3 is 24.6 Å². The minimum atomic E-state index is -1.26. The molecule has 0 spiro atoms. The number of hydrogen-bond donors (Lipinski definition) is 2. The number of carboxylic acid groups (broad SMARTS) is 2. The second kappa shape index (κ2) is 11.2. The van der Waals surface area contributed by atoms with Gasteiger partial charge in [0.2, 0.25) is 0 Å². The molecule has 0 radical (unpaired) electrons. The maximum atomic E-state index is 13.7. The molecule has 0 saturated carbocycles. The first-order valence-electron chi connectivity index (χ1n) is 10.4. The standard InChI is InChI=1S/C20H22FNO2S.C4H4O4/c1-22-9-7-13(8-10-22)20-16-12-15(23-2)4-6-18(16)25-19-11-14(21)3-5-17(19)24-20;5-3(6)1-2-4(7)8/h3-6,11-13,20H,7-10H2,1-2H3;1-2H,(H,5,6)(H,7,8)/b;2-1+. The number of benzene rings is 2. The van der Waals surface area contributed by atoms with Gasteiger partial charge in [-0.15, -0.1) is 0 Å². The molecule has 0 aliphatic carbocycles. The predicted octanol–water partition coefficient (Wildman–Crippen LogP) is 4.47. The maximum Gasteiger partial charge on any atom is 0.328 e. The Labute approximate surface area is 195 Å². The van der Waals surface area contributed by atoms with Gasteiger partial charge in [0.05, 0.1) is 12.0 Å². The first-order chi connectivity index (χ1) is 15.8. The molecular formula is C24H26FNO6S. The number of aliphatic carboxylic acids is 2. The molecule has 2 heterocycles. The van der Waals surface area contributed by atoms with Crippen molar-refractivity contribution in [1.29, 1.82) is 0 Å². The molecule has 1 saturated heterocycles. The fraction of sp³-hybridized carbons (Fsp3) is 0.333. The van der Waals surface area contributed by atoms with Crippen molar-refractivity contribution >= 4 is 23.7 Å². The average molecular weight is 476 g/mol. The lowest BCUT2D eigenvalue weighted by molar-refractivity contribution is -0.134. The molecule has 0 aromatic heterocycles. The number of piperidine rings is 1. The van der Waals surface area contributed by atoms with Crippen molar-refractivity contribution in [3.05, 3.63) is 59.9 Å². The van der Waals surface area contributed by atoms with Crippen LogP contribution in [-0.4, -0.2) is 54.3 Å². The molecule has 2 aliphatic heterocycles. The van der Waals surface area contributed by atoms with E-state index in [1.54, 1.807) is 31.0 Å². The number of nitrogens with zero attached hydrogens (tertiary/aromatic N) is 1. The summed E-state index contributed by atoms with van der Waals surface area (Å²) in [6.07, 6.45) is 3.28. The van der Waals surface area contributed by atoms with Gasteiger partial charge in [-0.1, -0.05) is 11.8 Å². The number of rotatable bonds is 4. The van der Waals surface area contributed by atoms with Gasteiger partial charge in [-0.2, -0.15) is 0 Å². The van der Waals surface area contributed by atoms with Crippen molar-refractivity contribution in [3.8, 4) is 11.5 Å². The highest BCUT2D eigenvalue weighted by molar-refractivity contribution is 7.99. The van der Waals surface area contributed by atoms with Crippen LogP contribution in [0.25, 0.3) is 0 Å². The Bertz CT molecular complexity index is 1020. The fourth-order valence-electron chi connectivity index (χ4n) is 3.77. The molecule has 1 fully saturated rings. The van der Waals surface area contributed by atoms with E-state index >= 15 is 0 Å². The van der Waals surface area contributed by atoms with Crippen LogP contribution < -0.4 is 9.47 Å². The van der Waals surface area contributed by atoms with Crippen molar-refractivity contribution in [3.63, 3.8) is 0 Å². The van der Waals surface area contributed by atoms with E-state index in [4.69, 9.17) is 19.7 Å². The number of methoxy groups -OCH3 is 1. The van der Waals surface area contributed by atoms with Gasteiger partial charge in [-0.3, -0.25) is 0 Å². The summed E-state index contributed by atoms with van der Waals surface area (Å²) >= 11 is 1.57. The zero-order valence-corrected chi connectivity index (χ0v) is 19.2. The van der Waals surface area contributed by atoms with Crippen molar-refractivity contribution in [2.45, 2.75) is 28.7 Å². The Kier molecular flexibility index (Phi) is 8.35. The third kappa shape index (κ3) is 6.72. The topological polar surface area (TPSA) is 96.3 Å². The van der Waals surface area contributed by atoms with Crippen LogP contribution in [-0.2, 0) is 9.59 Å². The van der Waals surface area contributed by atoms with Gasteiger partial charge >= 0.3 is 11.9 Å². The largest absolute Gasteiger partial charge is 0.497 e. The highest BCUT2D eigenvalue weighted by Crippen LogP contribution is 2.48. The molecule has 1 unspecified atom stereocenters. The van der Waals surface area contributed by atoms with E-state index in [0.717, 1.165) is 52.8 Å². The highest BCUT2D eigenvalue weighted by Gasteiger charge is 2.33. The summed E-state index contributed by atoms with van der Waals surface area (Å²) in [6.45, 7) is 2.15. The lowest BCUT2D eigenvalue weighted by atomic mass is 9.87. The normalized spacial score (nSPS) is 18.2. The van der Waals surface area contributed by atoms with E-state index in [1.165, 1.54) is 6.07 Å². The Morgan fingerprint density at radius 3 is 2.36 bits per heavy atom. The van der Waals surface area contributed by atoms with E-state index in [1.807, 2.05) is 6.07 Å². The lowest BCUT2D eigenvalue weighted by Gasteiger charge is -2.34. The van der Waals surface area contributed by atoms with Gasteiger partial charge in [-0.05, 0) is 69.4 Å².